The van der Waals surface area contributed by atoms with Crippen molar-refractivity contribution in [1.82, 2.24) is 9.80 Å². The first-order chi connectivity index (χ1) is 16.9. The predicted molar refractivity (Wildman–Crippen MR) is 137 cm³/mol. The number of halogens is 1. The molecule has 0 aliphatic carbocycles. The summed E-state index contributed by atoms with van der Waals surface area (Å²) in [6.45, 7) is 1.44. The summed E-state index contributed by atoms with van der Waals surface area (Å²) in [5.74, 6) is -0.835. The average molecular weight is 608 g/mol. The van der Waals surface area contributed by atoms with E-state index in [4.69, 9.17) is 14.2 Å². The fraction of sp³-hybridized carbons (Fsp3) is 0.250. The molecule has 4 rings (SSSR count). The van der Waals surface area contributed by atoms with Gasteiger partial charge in [0.15, 0.2) is 11.5 Å². The number of imide groups is 1. The molecule has 9 nitrogen and oxygen atoms in total. The molecule has 0 radical (unpaired) electrons. The molecule has 2 aliphatic rings. The number of methoxy groups -OCH3 is 1. The largest absolute Gasteiger partial charge is 0.493 e. The highest BCUT2D eigenvalue weighted by molar-refractivity contribution is 14.1. The fourth-order valence-corrected chi connectivity index (χ4v) is 4.92. The van der Waals surface area contributed by atoms with Crippen LogP contribution in [0.25, 0.3) is 6.08 Å². The van der Waals surface area contributed by atoms with E-state index in [9.17, 15) is 19.2 Å². The van der Waals surface area contributed by atoms with E-state index in [1.54, 1.807) is 47.4 Å². The van der Waals surface area contributed by atoms with Gasteiger partial charge in [-0.3, -0.25) is 19.3 Å². The Hall–Kier alpha value is -2.90. The minimum absolute atomic E-state index is 0.190. The van der Waals surface area contributed by atoms with Crippen LogP contribution >= 0.6 is 34.4 Å². The van der Waals surface area contributed by atoms with Gasteiger partial charge in [-0.2, -0.15) is 0 Å². The van der Waals surface area contributed by atoms with E-state index in [0.717, 1.165) is 20.2 Å². The van der Waals surface area contributed by atoms with Crippen molar-refractivity contribution in [2.75, 3.05) is 40.0 Å². The van der Waals surface area contributed by atoms with Crippen LogP contribution in [0, 0.1) is 3.57 Å². The molecule has 2 fully saturated rings. The Bertz CT molecular complexity index is 1210. The SMILES string of the molecule is COc1cc(/C=C2\SC(=O)N(CC(=O)N3CCOCC3)C2=O)ccc1OC(=O)c1ccccc1I. The number of ether oxygens (including phenoxy) is 3. The molecule has 11 heteroatoms. The summed E-state index contributed by atoms with van der Waals surface area (Å²) in [6.07, 6.45) is 1.54. The number of nitrogens with zero attached hydrogens (tertiary/aromatic N) is 2. The van der Waals surface area contributed by atoms with E-state index in [1.165, 1.54) is 7.11 Å². The van der Waals surface area contributed by atoms with Crippen LogP contribution in [0.15, 0.2) is 47.4 Å². The summed E-state index contributed by atoms with van der Waals surface area (Å²) in [4.78, 5) is 53.0. The van der Waals surface area contributed by atoms with Crippen LogP contribution in [0.1, 0.15) is 15.9 Å². The van der Waals surface area contributed by atoms with E-state index < -0.39 is 17.1 Å². The molecule has 0 atom stereocenters. The molecule has 3 amide bonds. The molecule has 35 heavy (non-hydrogen) atoms. The zero-order valence-corrected chi connectivity index (χ0v) is 21.7. The minimum Gasteiger partial charge on any atom is -0.493 e. The lowest BCUT2D eigenvalue weighted by atomic mass is 10.1. The van der Waals surface area contributed by atoms with Crippen LogP contribution in [-0.2, 0) is 14.3 Å². The van der Waals surface area contributed by atoms with Gasteiger partial charge in [-0.15, -0.1) is 0 Å². The van der Waals surface area contributed by atoms with E-state index >= 15 is 0 Å². The first-order valence-electron chi connectivity index (χ1n) is 10.6. The van der Waals surface area contributed by atoms with Crippen molar-refractivity contribution in [3.63, 3.8) is 0 Å². The van der Waals surface area contributed by atoms with Crippen molar-refractivity contribution in [1.29, 1.82) is 0 Å². The van der Waals surface area contributed by atoms with Crippen LogP contribution in [0.2, 0.25) is 0 Å². The highest BCUT2D eigenvalue weighted by atomic mass is 127. The van der Waals surface area contributed by atoms with Crippen molar-refractivity contribution in [3.05, 3.63) is 62.1 Å². The third-order valence-electron chi connectivity index (χ3n) is 5.31. The number of hydrogen-bond donors (Lipinski definition) is 0. The Labute approximate surface area is 219 Å². The molecule has 2 saturated heterocycles. The lowest BCUT2D eigenvalue weighted by Gasteiger charge is -2.28. The van der Waals surface area contributed by atoms with Crippen molar-refractivity contribution in [2.24, 2.45) is 0 Å². The molecule has 2 aliphatic heterocycles. The zero-order chi connectivity index (χ0) is 24.9. The van der Waals surface area contributed by atoms with E-state index in [1.807, 2.05) is 6.07 Å². The second kappa shape index (κ2) is 11.2. The monoisotopic (exact) mass is 608 g/mol. The van der Waals surface area contributed by atoms with Gasteiger partial charge in [0, 0.05) is 16.7 Å². The van der Waals surface area contributed by atoms with Gasteiger partial charge in [0.2, 0.25) is 5.91 Å². The Morgan fingerprint density at radius 1 is 1.11 bits per heavy atom. The minimum atomic E-state index is -0.533. The number of benzene rings is 2. The number of amides is 3. The van der Waals surface area contributed by atoms with Gasteiger partial charge in [-0.05, 0) is 70.3 Å². The van der Waals surface area contributed by atoms with Crippen LogP contribution < -0.4 is 9.47 Å². The maximum atomic E-state index is 12.8. The van der Waals surface area contributed by atoms with E-state index in [0.29, 0.717) is 43.2 Å². The van der Waals surface area contributed by atoms with Gasteiger partial charge in [-0.25, -0.2) is 4.79 Å². The molecule has 0 saturated carbocycles. The molecule has 0 bridgehead atoms. The fourth-order valence-electron chi connectivity index (χ4n) is 3.48. The normalized spacial score (nSPS) is 17.1. The smallest absolute Gasteiger partial charge is 0.344 e. The van der Waals surface area contributed by atoms with Crippen molar-refractivity contribution < 1.29 is 33.4 Å². The molecule has 0 N–H and O–H groups in total. The van der Waals surface area contributed by atoms with Gasteiger partial charge in [-0.1, -0.05) is 18.2 Å². The molecule has 0 aromatic heterocycles. The molecule has 2 heterocycles. The maximum absolute atomic E-state index is 12.8. The van der Waals surface area contributed by atoms with Crippen molar-refractivity contribution in [3.8, 4) is 11.5 Å². The number of hydrogen-bond acceptors (Lipinski definition) is 8. The van der Waals surface area contributed by atoms with Crippen molar-refractivity contribution >= 4 is 63.5 Å². The second-order valence-corrected chi connectivity index (χ2v) is 9.70. The molecular formula is C24H21IN2O7S. The summed E-state index contributed by atoms with van der Waals surface area (Å²) in [5.41, 5.74) is 1.00. The average Bonchev–Trinajstić information content (AvgIpc) is 3.12. The number of carbonyl (C=O) groups excluding carboxylic acids is 4. The predicted octanol–water partition coefficient (Wildman–Crippen LogP) is 3.41. The summed E-state index contributed by atoms with van der Waals surface area (Å²) >= 11 is 2.83. The molecule has 2 aromatic carbocycles. The zero-order valence-electron chi connectivity index (χ0n) is 18.7. The van der Waals surface area contributed by atoms with Crippen LogP contribution in [0.3, 0.4) is 0 Å². The van der Waals surface area contributed by atoms with Gasteiger partial charge in [0.25, 0.3) is 11.1 Å². The quantitative estimate of drug-likeness (QED) is 0.213. The number of morpholine rings is 1. The summed E-state index contributed by atoms with van der Waals surface area (Å²) in [6, 6.07) is 11.9. The molecule has 0 unspecified atom stereocenters. The number of rotatable bonds is 6. The lowest BCUT2D eigenvalue weighted by molar-refractivity contribution is -0.139. The number of carbonyl (C=O) groups is 4. The molecule has 182 valence electrons. The third-order valence-corrected chi connectivity index (χ3v) is 7.16. The molecule has 0 spiro atoms. The van der Waals surface area contributed by atoms with Crippen LogP contribution in [0.4, 0.5) is 4.79 Å². The Balaban J connectivity index is 1.47. The summed E-state index contributed by atoms with van der Waals surface area (Å²) in [5, 5.41) is -0.502. The van der Waals surface area contributed by atoms with Crippen molar-refractivity contribution in [2.45, 2.75) is 0 Å². The van der Waals surface area contributed by atoms with Crippen LogP contribution in [0.5, 0.6) is 11.5 Å². The summed E-state index contributed by atoms with van der Waals surface area (Å²) in [7, 11) is 1.44. The Morgan fingerprint density at radius 2 is 1.86 bits per heavy atom. The maximum Gasteiger partial charge on any atom is 0.344 e. The second-order valence-electron chi connectivity index (χ2n) is 7.54. The first kappa shape index (κ1) is 25.2. The number of thioether (sulfide) groups is 1. The first-order valence-corrected chi connectivity index (χ1v) is 12.5. The lowest BCUT2D eigenvalue weighted by Crippen LogP contribution is -2.46. The molecule has 2 aromatic rings. The topological polar surface area (TPSA) is 102 Å². The highest BCUT2D eigenvalue weighted by Crippen LogP contribution is 2.35. The standard InChI is InChI=1S/C24H21IN2O7S/c1-32-19-12-15(6-7-18(19)34-23(30)16-4-2-3-5-17(16)25)13-20-22(29)27(24(31)35-20)14-21(28)26-8-10-33-11-9-26/h2-7,12-13H,8-11,14H2,1H3/b20-13-. The van der Waals surface area contributed by atoms with E-state index in [2.05, 4.69) is 22.6 Å². The van der Waals surface area contributed by atoms with Gasteiger partial charge in [0.1, 0.15) is 6.54 Å². The van der Waals surface area contributed by atoms with E-state index in [-0.39, 0.29) is 23.1 Å². The Morgan fingerprint density at radius 3 is 2.57 bits per heavy atom. The number of esters is 1. The molecular weight excluding hydrogens is 587 g/mol. The summed E-state index contributed by atoms with van der Waals surface area (Å²) < 4.78 is 16.9. The Kier molecular flexibility index (Phi) is 8.08. The van der Waals surface area contributed by atoms with Gasteiger partial charge < -0.3 is 19.1 Å². The van der Waals surface area contributed by atoms with Gasteiger partial charge >= 0.3 is 5.97 Å². The third kappa shape index (κ3) is 5.85. The highest BCUT2D eigenvalue weighted by Gasteiger charge is 2.37. The van der Waals surface area contributed by atoms with Gasteiger partial charge in [0.05, 0.1) is 30.8 Å². The van der Waals surface area contributed by atoms with Crippen LogP contribution in [-0.4, -0.2) is 72.8 Å².